The Morgan fingerprint density at radius 3 is 2.43 bits per heavy atom. The molecule has 1 heterocycles. The highest BCUT2D eigenvalue weighted by molar-refractivity contribution is 5.36. The number of benzene rings is 2. The molecule has 4 rings (SSSR count). The average Bonchev–Trinajstić information content (AvgIpc) is 2.62. The third-order valence-electron chi connectivity index (χ3n) is 5.78. The number of phenolic OH excluding ortho intramolecular Hbond substituents is 1. The number of nitrogens with one attached hydrogen (secondary N) is 1. The van der Waals surface area contributed by atoms with Crippen LogP contribution in [0.2, 0.25) is 0 Å². The minimum atomic E-state index is 0.251. The van der Waals surface area contributed by atoms with E-state index in [-0.39, 0.29) is 6.04 Å². The van der Waals surface area contributed by atoms with Crippen molar-refractivity contribution >= 4 is 0 Å². The molecule has 0 bridgehead atoms. The molecule has 0 unspecified atom stereocenters. The maximum Gasteiger partial charge on any atom is 0.120 e. The Morgan fingerprint density at radius 1 is 0.870 bits per heavy atom. The number of aromatic hydroxyl groups is 1. The van der Waals surface area contributed by atoms with E-state index in [1.807, 2.05) is 18.2 Å². The van der Waals surface area contributed by atoms with Crippen molar-refractivity contribution in [2.24, 2.45) is 5.92 Å². The predicted octanol–water partition coefficient (Wildman–Crippen LogP) is 4.77. The van der Waals surface area contributed by atoms with E-state index < -0.39 is 0 Å². The lowest BCUT2D eigenvalue weighted by Gasteiger charge is -2.46. The number of phenols is 1. The van der Waals surface area contributed by atoms with Gasteiger partial charge in [0.25, 0.3) is 0 Å². The lowest BCUT2D eigenvalue weighted by atomic mass is 9.68. The zero-order chi connectivity index (χ0) is 15.6. The van der Waals surface area contributed by atoms with Crippen molar-refractivity contribution < 1.29 is 5.11 Å². The number of hydrogen-bond acceptors (Lipinski definition) is 2. The molecule has 0 amide bonds. The Balaban J connectivity index is 1.68. The molecule has 120 valence electrons. The molecule has 2 fully saturated rings. The molecule has 1 saturated carbocycles. The molecule has 2 N–H and O–H groups in total. The standard InChI is InChI=1S/C21H25NO/c23-21-13-7-5-11-17(21)20-14-18(15-8-2-1-3-9-15)16-10-4-6-12-19(16)22-20/h1-3,5,7-9,11,13,16,18-20,22-23H,4,6,10,12,14H2/t16-,18+,19-,20-/m0/s1. The molecule has 2 aliphatic rings. The van der Waals surface area contributed by atoms with Gasteiger partial charge in [-0.15, -0.1) is 0 Å². The summed E-state index contributed by atoms with van der Waals surface area (Å²) in [5.74, 6) is 1.74. The van der Waals surface area contributed by atoms with Gasteiger partial charge in [-0.25, -0.2) is 0 Å². The van der Waals surface area contributed by atoms with Gasteiger partial charge in [-0.3, -0.25) is 0 Å². The zero-order valence-electron chi connectivity index (χ0n) is 13.5. The minimum absolute atomic E-state index is 0.251. The van der Waals surface area contributed by atoms with Crippen molar-refractivity contribution in [3.05, 3.63) is 65.7 Å². The van der Waals surface area contributed by atoms with Gasteiger partial charge in [0.05, 0.1) is 0 Å². The number of para-hydroxylation sites is 1. The Morgan fingerprint density at radius 2 is 1.61 bits per heavy atom. The van der Waals surface area contributed by atoms with E-state index >= 15 is 0 Å². The summed E-state index contributed by atoms with van der Waals surface area (Å²) >= 11 is 0. The number of rotatable bonds is 2. The molecule has 23 heavy (non-hydrogen) atoms. The summed E-state index contributed by atoms with van der Waals surface area (Å²) in [6, 6.07) is 19.6. The van der Waals surface area contributed by atoms with Crippen LogP contribution in [0.25, 0.3) is 0 Å². The van der Waals surface area contributed by atoms with E-state index in [4.69, 9.17) is 0 Å². The second-order valence-electron chi connectivity index (χ2n) is 7.09. The SMILES string of the molecule is Oc1ccccc1[C@@H]1C[C@H](c2ccccc2)[C@@H]2CCCC[C@@H]2N1. The number of piperidine rings is 1. The Labute approximate surface area is 138 Å². The van der Waals surface area contributed by atoms with E-state index in [1.165, 1.54) is 31.2 Å². The van der Waals surface area contributed by atoms with Crippen molar-refractivity contribution in [1.29, 1.82) is 0 Å². The van der Waals surface area contributed by atoms with Crippen LogP contribution in [0.4, 0.5) is 0 Å². The summed E-state index contributed by atoms with van der Waals surface area (Å²) in [6.07, 6.45) is 6.34. The molecule has 1 saturated heterocycles. The molecule has 2 heteroatoms. The van der Waals surface area contributed by atoms with Crippen molar-refractivity contribution in [1.82, 2.24) is 5.32 Å². The van der Waals surface area contributed by atoms with Gasteiger partial charge in [-0.1, -0.05) is 61.4 Å². The molecule has 4 atom stereocenters. The molecule has 1 aliphatic carbocycles. The van der Waals surface area contributed by atoms with Crippen molar-refractivity contribution in [3.63, 3.8) is 0 Å². The highest BCUT2D eigenvalue weighted by Crippen LogP contribution is 2.46. The summed E-state index contributed by atoms with van der Waals surface area (Å²) < 4.78 is 0. The Hall–Kier alpha value is -1.80. The van der Waals surface area contributed by atoms with E-state index in [1.54, 1.807) is 0 Å². The van der Waals surface area contributed by atoms with E-state index in [0.29, 0.717) is 17.7 Å². The molecule has 0 radical (unpaired) electrons. The van der Waals surface area contributed by atoms with Gasteiger partial charge >= 0.3 is 0 Å². The van der Waals surface area contributed by atoms with Crippen LogP contribution in [0, 0.1) is 5.92 Å². The minimum Gasteiger partial charge on any atom is -0.508 e. The van der Waals surface area contributed by atoms with Crippen molar-refractivity contribution in [2.45, 2.75) is 50.1 Å². The van der Waals surface area contributed by atoms with Crippen LogP contribution < -0.4 is 5.32 Å². The summed E-state index contributed by atoms with van der Waals surface area (Å²) in [7, 11) is 0. The van der Waals surface area contributed by atoms with Crippen LogP contribution >= 0.6 is 0 Å². The molecular weight excluding hydrogens is 282 g/mol. The first-order valence-electron chi connectivity index (χ1n) is 8.92. The third-order valence-corrected chi connectivity index (χ3v) is 5.78. The molecule has 0 spiro atoms. The van der Waals surface area contributed by atoms with Gasteiger partial charge in [0, 0.05) is 17.6 Å². The first-order chi connectivity index (χ1) is 11.3. The number of hydrogen-bond donors (Lipinski definition) is 2. The second-order valence-corrected chi connectivity index (χ2v) is 7.09. The quantitative estimate of drug-likeness (QED) is 0.837. The van der Waals surface area contributed by atoms with Crippen LogP contribution in [-0.4, -0.2) is 11.1 Å². The van der Waals surface area contributed by atoms with Crippen LogP contribution in [0.3, 0.4) is 0 Å². The lowest BCUT2D eigenvalue weighted by Crippen LogP contribution is -2.48. The molecule has 2 nitrogen and oxygen atoms in total. The second kappa shape index (κ2) is 6.37. The highest BCUT2D eigenvalue weighted by atomic mass is 16.3. The molecule has 0 aromatic heterocycles. The van der Waals surface area contributed by atoms with E-state index in [2.05, 4.69) is 41.7 Å². The van der Waals surface area contributed by atoms with E-state index in [9.17, 15) is 5.11 Å². The van der Waals surface area contributed by atoms with Gasteiger partial charge in [0.15, 0.2) is 0 Å². The van der Waals surface area contributed by atoms with E-state index in [0.717, 1.165) is 17.9 Å². The monoisotopic (exact) mass is 307 g/mol. The van der Waals surface area contributed by atoms with Gasteiger partial charge in [0.2, 0.25) is 0 Å². The average molecular weight is 307 g/mol. The molecule has 2 aromatic rings. The summed E-state index contributed by atoms with van der Waals surface area (Å²) in [4.78, 5) is 0. The smallest absolute Gasteiger partial charge is 0.120 e. The van der Waals surface area contributed by atoms with Gasteiger partial charge in [0.1, 0.15) is 5.75 Å². The first-order valence-corrected chi connectivity index (χ1v) is 8.92. The van der Waals surface area contributed by atoms with Crippen LogP contribution in [0.5, 0.6) is 5.75 Å². The van der Waals surface area contributed by atoms with Crippen molar-refractivity contribution in [3.8, 4) is 5.75 Å². The maximum atomic E-state index is 10.3. The fraction of sp³-hybridized carbons (Fsp3) is 0.429. The zero-order valence-corrected chi connectivity index (χ0v) is 13.5. The Bertz CT molecular complexity index is 654. The predicted molar refractivity (Wildman–Crippen MR) is 93.5 cm³/mol. The maximum absolute atomic E-state index is 10.3. The van der Waals surface area contributed by atoms with Crippen LogP contribution in [0.15, 0.2) is 54.6 Å². The van der Waals surface area contributed by atoms with Gasteiger partial charge < -0.3 is 10.4 Å². The summed E-state index contributed by atoms with van der Waals surface area (Å²) in [5, 5.41) is 14.1. The fourth-order valence-electron chi connectivity index (χ4n) is 4.69. The first kappa shape index (κ1) is 14.8. The largest absolute Gasteiger partial charge is 0.508 e. The van der Waals surface area contributed by atoms with Crippen LogP contribution in [0.1, 0.15) is 55.2 Å². The van der Waals surface area contributed by atoms with Crippen LogP contribution in [-0.2, 0) is 0 Å². The Kier molecular flexibility index (Phi) is 4.09. The topological polar surface area (TPSA) is 32.3 Å². The third kappa shape index (κ3) is 2.88. The molecular formula is C21H25NO. The number of fused-ring (bicyclic) bond motifs is 1. The molecule has 1 aliphatic heterocycles. The lowest BCUT2D eigenvalue weighted by molar-refractivity contribution is 0.148. The van der Waals surface area contributed by atoms with Gasteiger partial charge in [-0.05, 0) is 42.7 Å². The van der Waals surface area contributed by atoms with Crippen molar-refractivity contribution in [2.75, 3.05) is 0 Å². The summed E-state index contributed by atoms with van der Waals surface area (Å²) in [6.45, 7) is 0. The fourth-order valence-corrected chi connectivity index (χ4v) is 4.69. The van der Waals surface area contributed by atoms with Gasteiger partial charge in [-0.2, -0.15) is 0 Å². The summed E-state index contributed by atoms with van der Waals surface area (Å²) in [5.41, 5.74) is 2.52. The molecule has 2 aromatic carbocycles. The normalized spacial score (nSPS) is 30.6. The highest BCUT2D eigenvalue weighted by Gasteiger charge is 2.40.